The van der Waals surface area contributed by atoms with Gasteiger partial charge in [-0.05, 0) is 26.0 Å². The lowest BCUT2D eigenvalue weighted by molar-refractivity contribution is 0.0811. The third-order valence-electron chi connectivity index (χ3n) is 2.76. The molecule has 1 amide bonds. The molecule has 0 unspecified atom stereocenters. The highest BCUT2D eigenvalue weighted by Gasteiger charge is 2.22. The van der Waals surface area contributed by atoms with Crippen molar-refractivity contribution >= 4 is 22.8 Å². The van der Waals surface area contributed by atoms with E-state index >= 15 is 0 Å². The van der Waals surface area contributed by atoms with Gasteiger partial charge >= 0.3 is 0 Å². The number of amides is 1. The molecule has 0 bridgehead atoms. The predicted octanol–water partition coefficient (Wildman–Crippen LogP) is 1.91. The van der Waals surface area contributed by atoms with E-state index in [0.29, 0.717) is 5.69 Å². The average molecular weight is 244 g/mol. The lowest BCUT2D eigenvalue weighted by Crippen LogP contribution is -2.45. The van der Waals surface area contributed by atoms with E-state index in [1.54, 1.807) is 6.07 Å². The topological polar surface area (TPSA) is 86.0 Å². The van der Waals surface area contributed by atoms with Crippen molar-refractivity contribution in [3.05, 3.63) is 36.0 Å². The summed E-state index contributed by atoms with van der Waals surface area (Å²) in [5.41, 5.74) is 6.79. The number of rotatable bonds is 2. The number of nitrogens with one attached hydrogen (secondary N) is 2. The van der Waals surface area contributed by atoms with Crippen LogP contribution < -0.4 is 5.73 Å². The van der Waals surface area contributed by atoms with Gasteiger partial charge in [0.1, 0.15) is 5.69 Å². The van der Waals surface area contributed by atoms with Crippen LogP contribution in [0, 0.1) is 5.41 Å². The normalized spacial score (nSPS) is 10.8. The second-order valence-corrected chi connectivity index (χ2v) is 4.42. The second kappa shape index (κ2) is 4.52. The maximum absolute atomic E-state index is 12.3. The maximum atomic E-state index is 12.3. The minimum absolute atomic E-state index is 0.151. The first kappa shape index (κ1) is 12.2. The molecular formula is C13H16N4O. The molecule has 1 heterocycles. The molecule has 2 rings (SSSR count). The Balaban J connectivity index is 2.41. The zero-order valence-electron chi connectivity index (χ0n) is 10.4. The molecule has 0 aliphatic heterocycles. The van der Waals surface area contributed by atoms with Crippen LogP contribution in [0.5, 0.6) is 0 Å². The van der Waals surface area contributed by atoms with Gasteiger partial charge in [0.2, 0.25) is 0 Å². The van der Waals surface area contributed by atoms with Gasteiger partial charge in [-0.25, -0.2) is 0 Å². The van der Waals surface area contributed by atoms with Crippen molar-refractivity contribution in [2.45, 2.75) is 19.9 Å². The van der Waals surface area contributed by atoms with Gasteiger partial charge in [-0.3, -0.25) is 15.1 Å². The standard InChI is InChI=1S/C13H16N4O/c1-8(2)17(13(14)15)12(18)11-7-9-5-3-4-6-10(9)16-11/h3-8,16H,1-2H3,(H3,14,15). The first-order valence-electron chi connectivity index (χ1n) is 5.76. The summed E-state index contributed by atoms with van der Waals surface area (Å²) in [6.45, 7) is 3.64. The second-order valence-electron chi connectivity index (χ2n) is 4.42. The SMILES string of the molecule is CC(C)N(C(=N)N)C(=O)c1cc2ccccc2[nH]1. The Kier molecular flexibility index (Phi) is 3.06. The van der Waals surface area contributed by atoms with Gasteiger partial charge in [0.25, 0.3) is 5.91 Å². The number of nitrogens with two attached hydrogens (primary N) is 1. The lowest BCUT2D eigenvalue weighted by atomic mass is 10.2. The number of carbonyl (C=O) groups is 1. The summed E-state index contributed by atoms with van der Waals surface area (Å²) in [5.74, 6) is -0.526. The fourth-order valence-corrected chi connectivity index (χ4v) is 1.94. The van der Waals surface area contributed by atoms with E-state index in [-0.39, 0.29) is 17.9 Å². The van der Waals surface area contributed by atoms with Gasteiger partial charge < -0.3 is 10.7 Å². The molecule has 0 saturated carbocycles. The molecule has 5 nitrogen and oxygen atoms in total. The molecule has 4 N–H and O–H groups in total. The Morgan fingerprint density at radius 2 is 2.06 bits per heavy atom. The van der Waals surface area contributed by atoms with Crippen LogP contribution in [0.4, 0.5) is 0 Å². The molecule has 0 aliphatic rings. The molecule has 0 atom stereocenters. The van der Waals surface area contributed by atoms with Gasteiger partial charge in [-0.2, -0.15) is 0 Å². The lowest BCUT2D eigenvalue weighted by Gasteiger charge is -2.23. The maximum Gasteiger partial charge on any atom is 0.277 e. The van der Waals surface area contributed by atoms with Gasteiger partial charge in [0.05, 0.1) is 0 Å². The Morgan fingerprint density at radius 1 is 1.39 bits per heavy atom. The molecule has 94 valence electrons. The predicted molar refractivity (Wildman–Crippen MR) is 71.5 cm³/mol. The summed E-state index contributed by atoms with van der Waals surface area (Å²) in [6, 6.07) is 9.26. The number of aromatic nitrogens is 1. The summed E-state index contributed by atoms with van der Waals surface area (Å²) >= 11 is 0. The number of nitrogens with zero attached hydrogens (tertiary/aromatic N) is 1. The Bertz CT molecular complexity index is 567. The fourth-order valence-electron chi connectivity index (χ4n) is 1.94. The van der Waals surface area contributed by atoms with Crippen molar-refractivity contribution in [1.29, 1.82) is 5.41 Å². The number of fused-ring (bicyclic) bond motifs is 1. The Labute approximate surface area is 105 Å². The third kappa shape index (κ3) is 2.07. The molecule has 0 aliphatic carbocycles. The summed E-state index contributed by atoms with van der Waals surface area (Å²) in [7, 11) is 0. The molecule has 2 aromatic rings. The summed E-state index contributed by atoms with van der Waals surface area (Å²) in [4.78, 5) is 16.6. The highest BCUT2D eigenvalue weighted by Crippen LogP contribution is 2.16. The van der Waals surface area contributed by atoms with E-state index in [2.05, 4.69) is 4.98 Å². The van der Waals surface area contributed by atoms with E-state index in [9.17, 15) is 4.79 Å². The van der Waals surface area contributed by atoms with Crippen LogP contribution in [0.25, 0.3) is 10.9 Å². The van der Waals surface area contributed by atoms with E-state index in [1.165, 1.54) is 4.90 Å². The Morgan fingerprint density at radius 3 is 2.61 bits per heavy atom. The largest absolute Gasteiger partial charge is 0.370 e. The van der Waals surface area contributed by atoms with Crippen molar-refractivity contribution in [3.63, 3.8) is 0 Å². The molecule has 18 heavy (non-hydrogen) atoms. The van der Waals surface area contributed by atoms with E-state index in [1.807, 2.05) is 38.1 Å². The number of benzene rings is 1. The van der Waals surface area contributed by atoms with Crippen LogP contribution >= 0.6 is 0 Å². The van der Waals surface area contributed by atoms with Crippen molar-refractivity contribution in [2.24, 2.45) is 5.73 Å². The van der Waals surface area contributed by atoms with Crippen LogP contribution in [0.15, 0.2) is 30.3 Å². The quantitative estimate of drug-likeness (QED) is 0.556. The molecule has 1 aromatic carbocycles. The highest BCUT2D eigenvalue weighted by atomic mass is 16.2. The monoisotopic (exact) mass is 244 g/mol. The average Bonchev–Trinajstić information content (AvgIpc) is 2.71. The molecule has 5 heteroatoms. The summed E-state index contributed by atoms with van der Waals surface area (Å²) < 4.78 is 0. The van der Waals surface area contributed by atoms with Crippen LogP contribution in [0.2, 0.25) is 0 Å². The minimum atomic E-state index is -0.284. The van der Waals surface area contributed by atoms with Gasteiger partial charge in [-0.1, -0.05) is 18.2 Å². The number of carbonyl (C=O) groups excluding carboxylic acids is 1. The third-order valence-corrected chi connectivity index (χ3v) is 2.76. The number of H-pyrrole nitrogens is 1. The van der Waals surface area contributed by atoms with Crippen LogP contribution in [-0.2, 0) is 0 Å². The number of guanidine groups is 1. The smallest absolute Gasteiger partial charge is 0.277 e. The summed E-state index contributed by atoms with van der Waals surface area (Å²) in [5, 5.41) is 8.43. The van der Waals surface area contributed by atoms with Gasteiger partial charge in [0.15, 0.2) is 5.96 Å². The first-order valence-corrected chi connectivity index (χ1v) is 5.76. The zero-order chi connectivity index (χ0) is 13.3. The number of aromatic amines is 1. The molecular weight excluding hydrogens is 228 g/mol. The van der Waals surface area contributed by atoms with Crippen LogP contribution in [0.1, 0.15) is 24.3 Å². The van der Waals surface area contributed by atoms with Gasteiger partial charge in [-0.15, -0.1) is 0 Å². The van der Waals surface area contributed by atoms with E-state index in [0.717, 1.165) is 10.9 Å². The number of hydrogen-bond donors (Lipinski definition) is 3. The summed E-state index contributed by atoms with van der Waals surface area (Å²) in [6.07, 6.45) is 0. The van der Waals surface area contributed by atoms with Crippen LogP contribution in [0.3, 0.4) is 0 Å². The van der Waals surface area contributed by atoms with Crippen molar-refractivity contribution < 1.29 is 4.79 Å². The zero-order valence-corrected chi connectivity index (χ0v) is 10.4. The molecule has 0 saturated heterocycles. The van der Waals surface area contributed by atoms with Crippen LogP contribution in [-0.4, -0.2) is 27.8 Å². The van der Waals surface area contributed by atoms with Crippen molar-refractivity contribution in [2.75, 3.05) is 0 Å². The molecule has 0 fully saturated rings. The number of hydrogen-bond acceptors (Lipinski definition) is 2. The van der Waals surface area contributed by atoms with Gasteiger partial charge in [0, 0.05) is 16.9 Å². The van der Waals surface area contributed by atoms with E-state index < -0.39 is 0 Å². The minimum Gasteiger partial charge on any atom is -0.370 e. The van der Waals surface area contributed by atoms with Crippen molar-refractivity contribution in [1.82, 2.24) is 9.88 Å². The van der Waals surface area contributed by atoms with E-state index in [4.69, 9.17) is 11.1 Å². The molecule has 0 radical (unpaired) electrons. The molecule has 0 spiro atoms. The van der Waals surface area contributed by atoms with Crippen molar-refractivity contribution in [3.8, 4) is 0 Å². The first-order chi connectivity index (χ1) is 8.50. The Hall–Kier alpha value is -2.30. The fraction of sp³-hybridized carbons (Fsp3) is 0.231. The number of para-hydroxylation sites is 1. The highest BCUT2D eigenvalue weighted by molar-refractivity contribution is 6.06. The molecule has 1 aromatic heterocycles.